The fourth-order valence-electron chi connectivity index (χ4n) is 3.04. The molecule has 0 spiro atoms. The van der Waals surface area contributed by atoms with Crippen LogP contribution in [-0.4, -0.2) is 29.3 Å². The molecule has 0 amide bonds. The lowest BCUT2D eigenvalue weighted by Crippen LogP contribution is -2.15. The number of nitrogen functional groups attached to an aromatic ring is 1. The van der Waals surface area contributed by atoms with Gasteiger partial charge in [-0.1, -0.05) is 0 Å². The number of hydrogen-bond acceptors (Lipinski definition) is 7. The summed E-state index contributed by atoms with van der Waals surface area (Å²) in [5.74, 6) is 0.642. The highest BCUT2D eigenvalue weighted by Crippen LogP contribution is 2.28. The summed E-state index contributed by atoms with van der Waals surface area (Å²) in [5, 5.41) is 16.7. The van der Waals surface area contributed by atoms with Crippen LogP contribution in [0.3, 0.4) is 0 Å². The maximum Gasteiger partial charge on any atom is 0.150 e. The van der Waals surface area contributed by atoms with Crippen LogP contribution in [0.4, 0.5) is 16.0 Å². The highest BCUT2D eigenvalue weighted by molar-refractivity contribution is 5.78. The minimum Gasteiger partial charge on any atom is -0.382 e. The lowest BCUT2D eigenvalue weighted by molar-refractivity contribution is 0.629. The van der Waals surface area contributed by atoms with Crippen molar-refractivity contribution in [2.24, 2.45) is 7.05 Å². The molecule has 3 heterocycles. The van der Waals surface area contributed by atoms with Crippen molar-refractivity contribution in [2.75, 3.05) is 11.1 Å². The molecule has 9 nitrogen and oxygen atoms in total. The van der Waals surface area contributed by atoms with Gasteiger partial charge in [0.05, 0.1) is 29.0 Å². The van der Waals surface area contributed by atoms with E-state index < -0.39 is 0 Å². The zero-order valence-corrected chi connectivity index (χ0v) is 15.1. The van der Waals surface area contributed by atoms with E-state index in [1.54, 1.807) is 24.0 Å². The number of aryl methyl sites for hydroxylation is 1. The monoisotopic (exact) mass is 377 g/mol. The minimum atomic E-state index is -0.378. The van der Waals surface area contributed by atoms with Crippen molar-refractivity contribution in [3.05, 3.63) is 54.1 Å². The third-order valence-corrected chi connectivity index (χ3v) is 4.32. The lowest BCUT2D eigenvalue weighted by atomic mass is 10.2. The zero-order valence-electron chi connectivity index (χ0n) is 15.1. The fourth-order valence-corrected chi connectivity index (χ4v) is 3.04. The molecule has 0 saturated heterocycles. The average Bonchev–Trinajstić information content (AvgIpc) is 3.24. The summed E-state index contributed by atoms with van der Waals surface area (Å²) in [6, 6.07) is 6.04. The van der Waals surface area contributed by atoms with Crippen molar-refractivity contribution in [1.29, 1.82) is 5.26 Å². The van der Waals surface area contributed by atoms with E-state index in [9.17, 15) is 9.65 Å². The van der Waals surface area contributed by atoms with E-state index >= 15 is 0 Å². The highest BCUT2D eigenvalue weighted by Gasteiger charge is 2.21. The van der Waals surface area contributed by atoms with E-state index in [0.717, 1.165) is 5.69 Å². The molecule has 3 aromatic heterocycles. The molecular formula is C18H16FN9. The zero-order chi connectivity index (χ0) is 19.8. The summed E-state index contributed by atoms with van der Waals surface area (Å²) in [5.41, 5.74) is 7.90. The van der Waals surface area contributed by atoms with Crippen molar-refractivity contribution < 1.29 is 4.39 Å². The molecule has 28 heavy (non-hydrogen) atoms. The second kappa shape index (κ2) is 6.62. The average molecular weight is 377 g/mol. The van der Waals surface area contributed by atoms with Gasteiger partial charge in [0.15, 0.2) is 0 Å². The van der Waals surface area contributed by atoms with Crippen molar-refractivity contribution in [3.63, 3.8) is 0 Å². The predicted molar refractivity (Wildman–Crippen MR) is 101 cm³/mol. The van der Waals surface area contributed by atoms with Crippen LogP contribution >= 0.6 is 0 Å². The molecule has 0 aliphatic heterocycles. The number of benzene rings is 1. The van der Waals surface area contributed by atoms with Crippen LogP contribution in [0.1, 0.15) is 24.4 Å². The molecule has 140 valence electrons. The van der Waals surface area contributed by atoms with Crippen LogP contribution in [0.15, 0.2) is 36.9 Å². The molecule has 1 atom stereocenters. The summed E-state index contributed by atoms with van der Waals surface area (Å²) in [4.78, 5) is 12.6. The maximum atomic E-state index is 13.9. The number of aromatic nitrogens is 6. The predicted octanol–water partition coefficient (Wildman–Crippen LogP) is 2.32. The Kier molecular flexibility index (Phi) is 4.12. The molecule has 0 bridgehead atoms. The van der Waals surface area contributed by atoms with Gasteiger partial charge in [-0.3, -0.25) is 9.25 Å². The third kappa shape index (κ3) is 2.88. The van der Waals surface area contributed by atoms with Gasteiger partial charge in [0.2, 0.25) is 0 Å². The highest BCUT2D eigenvalue weighted by atomic mass is 19.1. The third-order valence-electron chi connectivity index (χ3n) is 4.32. The number of fused-ring (bicyclic) bond motifs is 1. The topological polar surface area (TPSA) is 123 Å². The van der Waals surface area contributed by atoms with Gasteiger partial charge in [0.25, 0.3) is 0 Å². The quantitative estimate of drug-likeness (QED) is 0.559. The summed E-state index contributed by atoms with van der Waals surface area (Å²) in [6.45, 7) is 1.86. The van der Waals surface area contributed by atoms with Gasteiger partial charge in [-0.2, -0.15) is 10.4 Å². The van der Waals surface area contributed by atoms with Crippen LogP contribution in [0.5, 0.6) is 0 Å². The normalized spacial score (nSPS) is 12.1. The smallest absolute Gasteiger partial charge is 0.150 e. The number of rotatable bonds is 4. The van der Waals surface area contributed by atoms with Crippen molar-refractivity contribution in [3.8, 4) is 11.8 Å². The Morgan fingerprint density at radius 1 is 1.32 bits per heavy atom. The Morgan fingerprint density at radius 2 is 2.14 bits per heavy atom. The van der Waals surface area contributed by atoms with E-state index in [4.69, 9.17) is 5.73 Å². The number of hydrogen-bond donors (Lipinski definition) is 2. The number of halogens is 1. The SMILES string of the molecule is C[C@H](Nc1ncnc(N)c1C#N)c1nc2ccc(F)cc2n1-c1cnn(C)c1. The van der Waals surface area contributed by atoms with E-state index in [1.165, 1.54) is 18.5 Å². The van der Waals surface area contributed by atoms with Crippen molar-refractivity contribution in [2.45, 2.75) is 13.0 Å². The Morgan fingerprint density at radius 3 is 2.86 bits per heavy atom. The molecule has 0 fully saturated rings. The first-order chi connectivity index (χ1) is 13.5. The van der Waals surface area contributed by atoms with Crippen LogP contribution in [-0.2, 0) is 7.05 Å². The molecule has 0 unspecified atom stereocenters. The summed E-state index contributed by atoms with van der Waals surface area (Å²) in [7, 11) is 1.80. The molecule has 3 N–H and O–H groups in total. The van der Waals surface area contributed by atoms with Gasteiger partial charge < -0.3 is 11.1 Å². The first-order valence-electron chi connectivity index (χ1n) is 8.42. The summed E-state index contributed by atoms with van der Waals surface area (Å²) < 4.78 is 17.4. The molecule has 0 aliphatic carbocycles. The Balaban J connectivity index is 1.84. The summed E-state index contributed by atoms with van der Waals surface area (Å²) >= 11 is 0. The van der Waals surface area contributed by atoms with Crippen LogP contribution < -0.4 is 11.1 Å². The molecule has 0 aliphatic rings. The summed E-state index contributed by atoms with van der Waals surface area (Å²) in [6.07, 6.45) is 4.77. The Labute approximate surface area is 159 Å². The molecular weight excluding hydrogens is 361 g/mol. The van der Waals surface area contributed by atoms with E-state index in [-0.39, 0.29) is 23.2 Å². The largest absolute Gasteiger partial charge is 0.382 e. The van der Waals surface area contributed by atoms with E-state index in [2.05, 4.69) is 25.4 Å². The van der Waals surface area contributed by atoms with Gasteiger partial charge in [-0.15, -0.1) is 0 Å². The molecule has 0 saturated carbocycles. The molecule has 1 aromatic carbocycles. The number of nitriles is 1. The first kappa shape index (κ1) is 17.4. The van der Waals surface area contributed by atoms with Crippen molar-refractivity contribution >= 4 is 22.7 Å². The Hall–Kier alpha value is -4.00. The number of imidazole rings is 1. The van der Waals surface area contributed by atoms with Gasteiger partial charge in [0.1, 0.15) is 41.2 Å². The van der Waals surface area contributed by atoms with Crippen molar-refractivity contribution in [1.82, 2.24) is 29.3 Å². The van der Waals surface area contributed by atoms with E-state index in [0.29, 0.717) is 22.7 Å². The van der Waals surface area contributed by atoms with Crippen LogP contribution in [0, 0.1) is 17.1 Å². The number of nitrogens with two attached hydrogens (primary N) is 1. The second-order valence-corrected chi connectivity index (χ2v) is 6.27. The van der Waals surface area contributed by atoms with Gasteiger partial charge in [0, 0.05) is 19.3 Å². The second-order valence-electron chi connectivity index (χ2n) is 6.27. The molecule has 4 rings (SSSR count). The first-order valence-corrected chi connectivity index (χ1v) is 8.42. The number of nitrogens with zero attached hydrogens (tertiary/aromatic N) is 7. The number of nitrogens with one attached hydrogen (secondary N) is 1. The number of anilines is 2. The lowest BCUT2D eigenvalue weighted by Gasteiger charge is -2.16. The Bertz CT molecular complexity index is 1220. The standard InChI is InChI=1S/C18H16FN9/c1-10(25-17-13(6-20)16(21)22-9-23-17)18-26-14-4-3-11(19)5-15(14)28(18)12-7-24-27(2)8-12/h3-5,7-10H,1-2H3,(H3,21,22,23,25)/t10-/m0/s1. The van der Waals surface area contributed by atoms with Gasteiger partial charge in [-0.05, 0) is 19.1 Å². The maximum absolute atomic E-state index is 13.9. The van der Waals surface area contributed by atoms with E-state index in [1.807, 2.05) is 23.8 Å². The van der Waals surface area contributed by atoms with Crippen LogP contribution in [0.25, 0.3) is 16.7 Å². The molecule has 4 aromatic rings. The molecule has 0 radical (unpaired) electrons. The molecule has 10 heteroatoms. The fraction of sp³-hybridized carbons (Fsp3) is 0.167. The van der Waals surface area contributed by atoms with Gasteiger partial charge >= 0.3 is 0 Å². The van der Waals surface area contributed by atoms with Gasteiger partial charge in [-0.25, -0.2) is 19.3 Å². The van der Waals surface area contributed by atoms with Crippen LogP contribution in [0.2, 0.25) is 0 Å². The minimum absolute atomic E-state index is 0.0926.